The van der Waals surface area contributed by atoms with Gasteiger partial charge in [0.15, 0.2) is 0 Å². The molecule has 3 N–H and O–H groups in total. The number of fused-ring (bicyclic) bond motifs is 1. The van der Waals surface area contributed by atoms with Crippen LogP contribution >= 0.6 is 0 Å². The van der Waals surface area contributed by atoms with E-state index in [2.05, 4.69) is 14.8 Å². The number of nitrogens with one attached hydrogen (secondary N) is 3. The summed E-state index contributed by atoms with van der Waals surface area (Å²) in [5.41, 5.74) is 1.27. The second-order valence-electron chi connectivity index (χ2n) is 5.72. The minimum Gasteiger partial charge on any atom is -0.325 e. The van der Waals surface area contributed by atoms with E-state index in [1.165, 1.54) is 0 Å². The Balaban J connectivity index is 2.30. The molecule has 6 nitrogen and oxygen atoms in total. The van der Waals surface area contributed by atoms with Gasteiger partial charge in [0.25, 0.3) is 10.2 Å². The van der Waals surface area contributed by atoms with Crippen molar-refractivity contribution in [2.75, 3.05) is 10.0 Å². The molecule has 1 aromatic rings. The van der Waals surface area contributed by atoms with E-state index in [0.29, 0.717) is 5.69 Å². The largest absolute Gasteiger partial charge is 0.325 e. The quantitative estimate of drug-likeness (QED) is 0.788. The second kappa shape index (κ2) is 4.75. The molecule has 0 unspecified atom stereocenters. The van der Waals surface area contributed by atoms with Gasteiger partial charge >= 0.3 is 0 Å². The Kier molecular flexibility index (Phi) is 3.51. The van der Waals surface area contributed by atoms with Crippen molar-refractivity contribution < 1.29 is 13.2 Å². The Morgan fingerprint density at radius 2 is 1.90 bits per heavy atom. The van der Waals surface area contributed by atoms with Gasteiger partial charge in [-0.1, -0.05) is 0 Å². The molecule has 1 aliphatic rings. The highest BCUT2D eigenvalue weighted by atomic mass is 32.2. The third-order valence-electron chi connectivity index (χ3n) is 3.15. The molecule has 110 valence electrons. The van der Waals surface area contributed by atoms with Crippen molar-refractivity contribution >= 4 is 27.5 Å². The first-order valence-corrected chi connectivity index (χ1v) is 7.86. The average molecular weight is 297 g/mol. The Labute approximate surface area is 119 Å². The number of rotatable bonds is 4. The molecule has 0 bridgehead atoms. The van der Waals surface area contributed by atoms with Gasteiger partial charge in [-0.15, -0.1) is 0 Å². The van der Waals surface area contributed by atoms with Gasteiger partial charge in [-0.3, -0.25) is 9.52 Å². The average Bonchev–Trinajstić information content (AvgIpc) is 2.49. The molecule has 0 spiro atoms. The number of anilines is 2. The molecule has 0 aliphatic carbocycles. The lowest BCUT2D eigenvalue weighted by atomic mass is 9.86. The third kappa shape index (κ3) is 2.78. The molecule has 1 aromatic carbocycles. The van der Waals surface area contributed by atoms with Crippen LogP contribution in [0.2, 0.25) is 0 Å². The van der Waals surface area contributed by atoms with E-state index >= 15 is 0 Å². The maximum atomic E-state index is 11.8. The molecule has 0 aromatic heterocycles. The lowest BCUT2D eigenvalue weighted by Crippen LogP contribution is -2.35. The Morgan fingerprint density at radius 1 is 1.25 bits per heavy atom. The van der Waals surface area contributed by atoms with Crippen molar-refractivity contribution in [3.8, 4) is 0 Å². The summed E-state index contributed by atoms with van der Waals surface area (Å²) in [5, 5.41) is 2.78. The predicted octanol–water partition coefficient (Wildman–Crippen LogP) is 1.57. The molecule has 7 heteroatoms. The van der Waals surface area contributed by atoms with Crippen LogP contribution in [0.1, 0.15) is 33.3 Å². The topological polar surface area (TPSA) is 87.3 Å². The summed E-state index contributed by atoms with van der Waals surface area (Å²) in [5.74, 6) is -0.0900. The molecule has 0 radical (unpaired) electrons. The van der Waals surface area contributed by atoms with Crippen LogP contribution in [0.4, 0.5) is 11.4 Å². The van der Waals surface area contributed by atoms with E-state index in [4.69, 9.17) is 0 Å². The van der Waals surface area contributed by atoms with E-state index in [9.17, 15) is 13.2 Å². The van der Waals surface area contributed by atoms with Crippen LogP contribution in [0.3, 0.4) is 0 Å². The zero-order valence-electron chi connectivity index (χ0n) is 11.9. The highest BCUT2D eigenvalue weighted by Gasteiger charge is 2.38. The van der Waals surface area contributed by atoms with Crippen molar-refractivity contribution in [2.45, 2.75) is 39.2 Å². The van der Waals surface area contributed by atoms with E-state index < -0.39 is 15.6 Å². The first-order chi connectivity index (χ1) is 9.12. The molecule has 0 saturated carbocycles. The Morgan fingerprint density at radius 3 is 2.50 bits per heavy atom. The van der Waals surface area contributed by atoms with Crippen LogP contribution in [0, 0.1) is 0 Å². The second-order valence-corrected chi connectivity index (χ2v) is 7.16. The number of hydrogen-bond acceptors (Lipinski definition) is 3. The van der Waals surface area contributed by atoms with E-state index in [0.717, 1.165) is 11.3 Å². The van der Waals surface area contributed by atoms with Crippen LogP contribution < -0.4 is 14.8 Å². The van der Waals surface area contributed by atoms with E-state index in [-0.39, 0.29) is 11.9 Å². The molecule has 20 heavy (non-hydrogen) atoms. The molecule has 1 heterocycles. The van der Waals surface area contributed by atoms with Crippen LogP contribution in [0.5, 0.6) is 0 Å². The normalized spacial score (nSPS) is 16.9. The predicted molar refractivity (Wildman–Crippen MR) is 78.9 cm³/mol. The van der Waals surface area contributed by atoms with Crippen molar-refractivity contribution in [1.29, 1.82) is 0 Å². The van der Waals surface area contributed by atoms with Gasteiger partial charge in [0.1, 0.15) is 0 Å². The molecule has 1 aliphatic heterocycles. The fourth-order valence-corrected chi connectivity index (χ4v) is 3.25. The van der Waals surface area contributed by atoms with Gasteiger partial charge < -0.3 is 5.32 Å². The van der Waals surface area contributed by atoms with Gasteiger partial charge in [-0.25, -0.2) is 0 Å². The first kappa shape index (κ1) is 14.8. The van der Waals surface area contributed by atoms with Crippen LogP contribution in [0.15, 0.2) is 18.2 Å². The molecular weight excluding hydrogens is 278 g/mol. The molecule has 0 atom stereocenters. The van der Waals surface area contributed by atoms with Crippen molar-refractivity contribution in [2.24, 2.45) is 0 Å². The maximum absolute atomic E-state index is 11.8. The number of hydrogen-bond donors (Lipinski definition) is 3. The lowest BCUT2D eigenvalue weighted by Gasteiger charge is -2.17. The zero-order chi connectivity index (χ0) is 15.1. The minimum atomic E-state index is -3.61. The molecule has 0 fully saturated rings. The third-order valence-corrected chi connectivity index (χ3v) is 4.44. The van der Waals surface area contributed by atoms with Gasteiger partial charge in [0.05, 0.1) is 11.1 Å². The molecule has 2 rings (SSSR count). The van der Waals surface area contributed by atoms with E-state index in [1.54, 1.807) is 45.9 Å². The fraction of sp³-hybridized carbons (Fsp3) is 0.462. The standard InChI is InChI=1S/C13H19N3O3S/c1-8(2)15-20(18,19)16-9-5-6-11-10(7-9)13(3,4)12(17)14-11/h5-8,15-16H,1-4H3,(H,14,17). The highest BCUT2D eigenvalue weighted by Crippen LogP contribution is 2.38. The van der Waals surface area contributed by atoms with Crippen molar-refractivity contribution in [3.05, 3.63) is 23.8 Å². The summed E-state index contributed by atoms with van der Waals surface area (Å²) in [4.78, 5) is 11.8. The van der Waals surface area contributed by atoms with Gasteiger partial charge in [0, 0.05) is 11.7 Å². The van der Waals surface area contributed by atoms with Crippen molar-refractivity contribution in [3.63, 3.8) is 0 Å². The van der Waals surface area contributed by atoms with Crippen LogP contribution in [-0.4, -0.2) is 20.4 Å². The highest BCUT2D eigenvalue weighted by molar-refractivity contribution is 7.90. The SMILES string of the molecule is CC(C)NS(=O)(=O)Nc1ccc2c(c1)C(C)(C)C(=O)N2. The summed E-state index contributed by atoms with van der Waals surface area (Å²) in [6.07, 6.45) is 0. The number of carbonyl (C=O) groups is 1. The number of carbonyl (C=O) groups excluding carboxylic acids is 1. The van der Waals surface area contributed by atoms with Gasteiger partial charge in [-0.2, -0.15) is 13.1 Å². The van der Waals surface area contributed by atoms with Crippen LogP contribution in [-0.2, 0) is 20.4 Å². The smallest absolute Gasteiger partial charge is 0.299 e. The summed E-state index contributed by atoms with van der Waals surface area (Å²) in [7, 11) is -3.61. The van der Waals surface area contributed by atoms with Crippen LogP contribution in [0.25, 0.3) is 0 Å². The maximum Gasteiger partial charge on any atom is 0.299 e. The fourth-order valence-electron chi connectivity index (χ4n) is 2.13. The summed E-state index contributed by atoms with van der Waals surface area (Å²) >= 11 is 0. The zero-order valence-corrected chi connectivity index (χ0v) is 12.8. The summed E-state index contributed by atoms with van der Waals surface area (Å²) < 4.78 is 28.6. The Hall–Kier alpha value is -1.60. The van der Waals surface area contributed by atoms with Gasteiger partial charge in [-0.05, 0) is 51.5 Å². The van der Waals surface area contributed by atoms with Crippen molar-refractivity contribution in [1.82, 2.24) is 4.72 Å². The molecular formula is C13H19N3O3S. The van der Waals surface area contributed by atoms with E-state index in [1.807, 2.05) is 0 Å². The summed E-state index contributed by atoms with van der Waals surface area (Å²) in [6, 6.07) is 4.82. The summed E-state index contributed by atoms with van der Waals surface area (Å²) in [6.45, 7) is 7.10. The van der Waals surface area contributed by atoms with Gasteiger partial charge in [0.2, 0.25) is 5.91 Å². The monoisotopic (exact) mass is 297 g/mol. The number of amides is 1. The first-order valence-electron chi connectivity index (χ1n) is 6.38. The molecule has 0 saturated heterocycles. The minimum absolute atomic E-state index is 0.0900. The lowest BCUT2D eigenvalue weighted by molar-refractivity contribution is -0.119. The molecule has 1 amide bonds. The number of benzene rings is 1. The Bertz CT molecular complexity index is 651.